The lowest BCUT2D eigenvalue weighted by atomic mass is 10.2. The van der Waals surface area contributed by atoms with Crippen molar-refractivity contribution in [3.63, 3.8) is 0 Å². The Morgan fingerprint density at radius 2 is 2.21 bits per heavy atom. The van der Waals surface area contributed by atoms with Crippen LogP contribution in [-0.2, 0) is 18.9 Å². The lowest BCUT2D eigenvalue weighted by Gasteiger charge is -2.24. The Hall–Kier alpha value is -2.69. The molecule has 2 amide bonds. The number of ether oxygens (including phenoxy) is 1. The maximum Gasteiger partial charge on any atom is 0.432 e. The number of oxime groups is 1. The third-order valence-corrected chi connectivity index (χ3v) is 5.24. The van der Waals surface area contributed by atoms with E-state index in [1.807, 2.05) is 0 Å². The number of halogens is 1. The highest BCUT2D eigenvalue weighted by Crippen LogP contribution is 2.40. The van der Waals surface area contributed by atoms with Gasteiger partial charge in [0.05, 0.1) is 31.0 Å². The normalized spacial score (nSPS) is 19.4. The second-order valence-corrected chi connectivity index (χ2v) is 7.62. The highest BCUT2D eigenvalue weighted by Gasteiger charge is 2.38. The predicted molar refractivity (Wildman–Crippen MR) is 95.2 cm³/mol. The Labute approximate surface area is 159 Å². The first-order chi connectivity index (χ1) is 13.2. The Morgan fingerprint density at radius 1 is 1.46 bits per heavy atom. The van der Waals surface area contributed by atoms with Crippen LogP contribution in [0.1, 0.15) is 6.92 Å². The average molecular weight is 416 g/mol. The molecule has 11 nitrogen and oxygen atoms in total. The fourth-order valence-electron chi connectivity index (χ4n) is 2.86. The fraction of sp³-hybridized carbons (Fsp3) is 0.400. The molecule has 0 aromatic heterocycles. The van der Waals surface area contributed by atoms with E-state index >= 15 is 0 Å². The van der Waals surface area contributed by atoms with Crippen LogP contribution in [0.2, 0.25) is 0 Å². The first kappa shape index (κ1) is 20.1. The third kappa shape index (κ3) is 4.24. The number of rotatable bonds is 5. The van der Waals surface area contributed by atoms with Crippen LogP contribution >= 0.6 is 7.75 Å². The zero-order valence-electron chi connectivity index (χ0n) is 14.8. The van der Waals surface area contributed by atoms with Crippen LogP contribution in [0.4, 0.5) is 20.6 Å². The molecule has 0 saturated carbocycles. The topological polar surface area (TPSA) is 132 Å². The monoisotopic (exact) mass is 416 g/mol. The summed E-state index contributed by atoms with van der Waals surface area (Å²) in [5.74, 6) is -1.45. The molecule has 0 aliphatic carbocycles. The zero-order chi connectivity index (χ0) is 20.5. The largest absolute Gasteiger partial charge is 0.442 e. The van der Waals surface area contributed by atoms with Crippen molar-refractivity contribution in [2.24, 2.45) is 5.16 Å². The lowest BCUT2D eigenvalue weighted by Crippen LogP contribution is -2.35. The second kappa shape index (κ2) is 7.74. The number of hydrogen-bond donors (Lipinski definition) is 2. The Morgan fingerprint density at radius 3 is 2.79 bits per heavy atom. The number of carbonyl (C=O) groups excluding carboxylic acids is 2. The summed E-state index contributed by atoms with van der Waals surface area (Å²) in [4.78, 5) is 49.5. The van der Waals surface area contributed by atoms with Gasteiger partial charge in [-0.1, -0.05) is 5.16 Å². The van der Waals surface area contributed by atoms with Gasteiger partial charge in [0.15, 0.2) is 0 Å². The van der Waals surface area contributed by atoms with Gasteiger partial charge in [0.2, 0.25) is 5.91 Å². The number of benzene rings is 1. The van der Waals surface area contributed by atoms with Gasteiger partial charge in [-0.2, -0.15) is 0 Å². The smallest absolute Gasteiger partial charge is 0.432 e. The molecule has 152 valence electrons. The van der Waals surface area contributed by atoms with E-state index in [0.29, 0.717) is 17.8 Å². The van der Waals surface area contributed by atoms with Crippen molar-refractivity contribution in [1.29, 1.82) is 0 Å². The summed E-state index contributed by atoms with van der Waals surface area (Å²) in [6.07, 6.45) is -0.433. The van der Waals surface area contributed by atoms with E-state index in [1.54, 1.807) is 4.90 Å². The summed E-state index contributed by atoms with van der Waals surface area (Å²) in [6, 6.07) is 4.13. The number of hydrogen-bond acceptors (Lipinski definition) is 7. The molecule has 2 heterocycles. The van der Waals surface area contributed by atoms with Gasteiger partial charge >= 0.3 is 13.8 Å². The minimum atomic E-state index is -4.84. The van der Waals surface area contributed by atoms with E-state index in [-0.39, 0.29) is 17.9 Å². The van der Waals surface area contributed by atoms with Crippen LogP contribution in [0.15, 0.2) is 23.4 Å². The molecule has 2 aliphatic rings. The number of anilines is 2. The van der Waals surface area contributed by atoms with Crippen molar-refractivity contribution in [3.8, 4) is 0 Å². The van der Waals surface area contributed by atoms with Crippen molar-refractivity contribution in [2.75, 3.05) is 36.0 Å². The third-order valence-electron chi connectivity index (χ3n) is 4.17. The van der Waals surface area contributed by atoms with Crippen LogP contribution in [0.25, 0.3) is 0 Å². The van der Waals surface area contributed by atoms with E-state index < -0.39 is 38.2 Å². The van der Waals surface area contributed by atoms with Gasteiger partial charge in [0.1, 0.15) is 24.9 Å². The molecular formula is C15H18FN4O7P. The molecule has 1 aromatic carbocycles. The Kier molecular flexibility index (Phi) is 5.54. The van der Waals surface area contributed by atoms with E-state index in [1.165, 1.54) is 18.5 Å². The quantitative estimate of drug-likeness (QED) is 0.676. The molecule has 0 spiro atoms. The molecule has 0 radical (unpaired) electrons. The molecule has 1 unspecified atom stereocenters. The molecule has 1 aromatic rings. The summed E-state index contributed by atoms with van der Waals surface area (Å²) in [6.45, 7) is 1.14. The van der Waals surface area contributed by atoms with Gasteiger partial charge in [-0.05, 0) is 18.2 Å². The van der Waals surface area contributed by atoms with Gasteiger partial charge < -0.3 is 24.3 Å². The molecule has 13 heteroatoms. The van der Waals surface area contributed by atoms with E-state index in [9.17, 15) is 28.3 Å². The van der Waals surface area contributed by atoms with E-state index in [2.05, 4.69) is 5.16 Å². The minimum Gasteiger partial charge on any atom is -0.442 e. The average Bonchev–Trinajstić information content (AvgIpc) is 2.99. The van der Waals surface area contributed by atoms with E-state index in [4.69, 9.17) is 9.57 Å². The summed E-state index contributed by atoms with van der Waals surface area (Å²) in [5.41, 5.74) is 0.466. The zero-order valence-corrected chi connectivity index (χ0v) is 15.7. The number of nitrogens with zero attached hydrogens (tertiary/aromatic N) is 4. The number of carbonyl (C=O) groups is 2. The number of amides is 2. The summed E-state index contributed by atoms with van der Waals surface area (Å²) >= 11 is 0. The maximum atomic E-state index is 14.5. The molecule has 1 atom stereocenters. The number of cyclic esters (lactones) is 1. The lowest BCUT2D eigenvalue weighted by molar-refractivity contribution is -0.126. The van der Waals surface area contributed by atoms with Crippen LogP contribution in [0, 0.1) is 5.82 Å². The molecule has 28 heavy (non-hydrogen) atoms. The summed E-state index contributed by atoms with van der Waals surface area (Å²) < 4.78 is 31.3. The summed E-state index contributed by atoms with van der Waals surface area (Å²) in [5, 5.41) is 3.61. The van der Waals surface area contributed by atoms with Gasteiger partial charge in [-0.25, -0.2) is 18.4 Å². The Balaban J connectivity index is 1.74. The highest BCUT2D eigenvalue weighted by molar-refractivity contribution is 7.49. The van der Waals surface area contributed by atoms with Crippen molar-refractivity contribution in [2.45, 2.75) is 13.0 Å². The van der Waals surface area contributed by atoms with Gasteiger partial charge in [0, 0.05) is 6.92 Å². The molecule has 2 aliphatic heterocycles. The standard InChI is InChI=1S/C15H18FN4O7P/c1-10(21)20(28(23,24)25)8-12-7-19(15(22)27-12)11-2-3-14(13(16)6-11)18-4-5-26-17-9-18/h2-3,6,9,12H,4-5,7-8H2,1H3,(H2,23,24,25). The van der Waals surface area contributed by atoms with Gasteiger partial charge in [-0.3, -0.25) is 9.69 Å². The second-order valence-electron chi connectivity index (χ2n) is 6.11. The van der Waals surface area contributed by atoms with Crippen molar-refractivity contribution in [1.82, 2.24) is 4.67 Å². The van der Waals surface area contributed by atoms with Gasteiger partial charge in [-0.15, -0.1) is 0 Å². The van der Waals surface area contributed by atoms with E-state index in [0.717, 1.165) is 17.9 Å². The van der Waals surface area contributed by atoms with Crippen LogP contribution in [-0.4, -0.2) is 65.1 Å². The molecule has 1 saturated heterocycles. The fourth-order valence-corrected chi connectivity index (χ4v) is 3.62. The van der Waals surface area contributed by atoms with Gasteiger partial charge in [0.25, 0.3) is 0 Å². The summed E-state index contributed by atoms with van der Waals surface area (Å²) in [7, 11) is -4.84. The first-order valence-electron chi connectivity index (χ1n) is 8.20. The van der Waals surface area contributed by atoms with Crippen LogP contribution in [0.5, 0.6) is 0 Å². The molecule has 3 rings (SSSR count). The molecule has 2 N–H and O–H groups in total. The van der Waals surface area contributed by atoms with Crippen molar-refractivity contribution in [3.05, 3.63) is 24.0 Å². The van der Waals surface area contributed by atoms with Crippen LogP contribution < -0.4 is 9.80 Å². The van der Waals surface area contributed by atoms with Crippen LogP contribution in [0.3, 0.4) is 0 Å². The SMILES string of the molecule is CC(=O)N(CC1CN(c2ccc(N3C=NOCC3)c(F)c2)C(=O)O1)P(=O)(O)O. The molecule has 0 bridgehead atoms. The highest BCUT2D eigenvalue weighted by atomic mass is 31.2. The van der Waals surface area contributed by atoms with Crippen molar-refractivity contribution < 1.29 is 37.9 Å². The predicted octanol–water partition coefficient (Wildman–Crippen LogP) is 0.872. The minimum absolute atomic E-state index is 0.0968. The first-order valence-corrected chi connectivity index (χ1v) is 9.77. The maximum absolute atomic E-state index is 14.5. The Bertz CT molecular complexity index is 861. The molecule has 1 fully saturated rings. The molecular weight excluding hydrogens is 398 g/mol. The van der Waals surface area contributed by atoms with Crippen molar-refractivity contribution >= 4 is 37.5 Å².